The highest BCUT2D eigenvalue weighted by Crippen LogP contribution is 2.52. The summed E-state index contributed by atoms with van der Waals surface area (Å²) in [5.74, 6) is 0. The molecule has 0 saturated carbocycles. The van der Waals surface area contributed by atoms with Gasteiger partial charge < -0.3 is 19.7 Å². The van der Waals surface area contributed by atoms with Crippen molar-refractivity contribution >= 4 is 0 Å². The molecular weight excluding hydrogens is 460 g/mol. The van der Waals surface area contributed by atoms with E-state index in [1.165, 1.54) is 43.5 Å². The maximum absolute atomic E-state index is 12.5. The van der Waals surface area contributed by atoms with Crippen molar-refractivity contribution in [3.63, 3.8) is 0 Å². The molecule has 2 aliphatic rings. The molecule has 1 aromatic carbocycles. The zero-order chi connectivity index (χ0) is 25.7. The molecule has 0 radical (unpaired) electrons. The molecule has 0 aliphatic carbocycles. The Hall–Kier alpha value is -2.26. The lowest BCUT2D eigenvalue weighted by atomic mass is 9.79. The number of rotatable bonds is 12. The Bertz CT molecular complexity index is 1140. The third-order valence-corrected chi connectivity index (χ3v) is 7.62. The minimum atomic E-state index is -1.29. The van der Waals surface area contributed by atoms with Crippen molar-refractivity contribution in [3.8, 4) is 0 Å². The molecule has 0 bridgehead atoms. The third-order valence-electron chi connectivity index (χ3n) is 7.62. The predicted molar refractivity (Wildman–Crippen MR) is 137 cm³/mol. The summed E-state index contributed by atoms with van der Waals surface area (Å²) in [6.07, 6.45) is 9.19. The number of aromatic nitrogens is 2. The molecule has 36 heavy (non-hydrogen) atoms. The Morgan fingerprint density at radius 2 is 1.78 bits per heavy atom. The molecule has 1 saturated heterocycles. The lowest BCUT2D eigenvalue weighted by Crippen LogP contribution is -2.47. The zero-order valence-electron chi connectivity index (χ0n) is 21.5. The van der Waals surface area contributed by atoms with E-state index < -0.39 is 35.3 Å². The Labute approximate surface area is 212 Å². The van der Waals surface area contributed by atoms with Crippen molar-refractivity contribution in [2.75, 3.05) is 6.61 Å². The van der Waals surface area contributed by atoms with Gasteiger partial charge >= 0.3 is 5.69 Å². The SMILES string of the molecule is CCCCCCc1cc(CCCCCC)c2c(c1)CO[C@@]21[C@@H](CO)O[C@@H](n2ccc(=O)[nH]c2=O)[C@@H]1O. The van der Waals surface area contributed by atoms with Gasteiger partial charge in [-0.1, -0.05) is 64.5 Å². The van der Waals surface area contributed by atoms with Gasteiger partial charge in [-0.15, -0.1) is 0 Å². The largest absolute Gasteiger partial charge is 0.394 e. The fourth-order valence-electron chi connectivity index (χ4n) is 5.82. The number of aliphatic hydroxyl groups is 2. The van der Waals surface area contributed by atoms with Crippen LogP contribution in [0.2, 0.25) is 0 Å². The van der Waals surface area contributed by atoms with Crippen LogP contribution in [0.5, 0.6) is 0 Å². The molecule has 8 heteroatoms. The first kappa shape index (κ1) is 26.8. The predicted octanol–water partition coefficient (Wildman–Crippen LogP) is 3.46. The van der Waals surface area contributed by atoms with Crippen LogP contribution in [0.25, 0.3) is 0 Å². The van der Waals surface area contributed by atoms with Crippen LogP contribution in [-0.2, 0) is 34.5 Å². The van der Waals surface area contributed by atoms with Crippen molar-refractivity contribution in [2.24, 2.45) is 0 Å². The number of H-pyrrole nitrogens is 1. The van der Waals surface area contributed by atoms with Gasteiger partial charge in [0, 0.05) is 12.3 Å². The van der Waals surface area contributed by atoms with Gasteiger partial charge in [0.1, 0.15) is 12.2 Å². The Morgan fingerprint density at radius 1 is 1.06 bits per heavy atom. The van der Waals surface area contributed by atoms with E-state index in [0.717, 1.165) is 59.8 Å². The molecule has 0 amide bonds. The Morgan fingerprint density at radius 3 is 2.44 bits per heavy atom. The number of hydrogen-bond donors (Lipinski definition) is 3. The van der Waals surface area contributed by atoms with Crippen LogP contribution in [0.3, 0.4) is 0 Å². The van der Waals surface area contributed by atoms with E-state index in [1.807, 2.05) is 0 Å². The van der Waals surface area contributed by atoms with E-state index in [1.54, 1.807) is 0 Å². The quantitative estimate of drug-likeness (QED) is 0.385. The lowest BCUT2D eigenvalue weighted by Gasteiger charge is -2.33. The van der Waals surface area contributed by atoms with E-state index in [9.17, 15) is 19.8 Å². The third kappa shape index (κ3) is 5.09. The number of benzene rings is 1. The number of nitrogens with zero attached hydrogens (tertiary/aromatic N) is 1. The number of hydrogen-bond acceptors (Lipinski definition) is 6. The summed E-state index contributed by atoms with van der Waals surface area (Å²) in [5, 5.41) is 21.9. The minimum Gasteiger partial charge on any atom is -0.394 e. The number of aromatic amines is 1. The molecule has 2 aromatic rings. The fourth-order valence-corrected chi connectivity index (χ4v) is 5.82. The van der Waals surface area contributed by atoms with Crippen LogP contribution in [-0.4, -0.2) is 38.6 Å². The van der Waals surface area contributed by atoms with Gasteiger partial charge in [-0.2, -0.15) is 0 Å². The smallest absolute Gasteiger partial charge is 0.330 e. The first-order chi connectivity index (χ1) is 17.5. The molecule has 3 N–H and O–H groups in total. The van der Waals surface area contributed by atoms with Gasteiger partial charge in [0.2, 0.25) is 0 Å². The van der Waals surface area contributed by atoms with Gasteiger partial charge in [0.05, 0.1) is 13.2 Å². The van der Waals surface area contributed by atoms with Gasteiger partial charge in [-0.3, -0.25) is 14.3 Å². The maximum Gasteiger partial charge on any atom is 0.330 e. The van der Waals surface area contributed by atoms with E-state index in [2.05, 4.69) is 31.0 Å². The normalized spacial score (nSPS) is 25.1. The molecule has 4 rings (SSSR count). The second-order valence-corrected chi connectivity index (χ2v) is 10.2. The van der Waals surface area contributed by atoms with Gasteiger partial charge in [0.25, 0.3) is 5.56 Å². The number of nitrogens with one attached hydrogen (secondary N) is 1. The average molecular weight is 501 g/mol. The zero-order valence-corrected chi connectivity index (χ0v) is 21.5. The van der Waals surface area contributed by atoms with E-state index in [4.69, 9.17) is 9.47 Å². The Kier molecular flexibility index (Phi) is 8.83. The number of fused-ring (bicyclic) bond motifs is 2. The molecule has 0 unspecified atom stereocenters. The topological polar surface area (TPSA) is 114 Å². The summed E-state index contributed by atoms with van der Waals surface area (Å²) in [4.78, 5) is 26.3. The summed E-state index contributed by atoms with van der Waals surface area (Å²) < 4.78 is 13.6. The monoisotopic (exact) mass is 500 g/mol. The van der Waals surface area contributed by atoms with Crippen molar-refractivity contribution in [2.45, 2.75) is 109 Å². The first-order valence-electron chi connectivity index (χ1n) is 13.5. The first-order valence-corrected chi connectivity index (χ1v) is 13.5. The standard InChI is InChI=1S/C28H40N2O6/c1-3-5-7-9-11-19-15-20(12-10-8-6-4-2)24-21(16-19)18-35-28(24)22(17-31)36-26(25(28)33)30-14-13-23(32)29-27(30)34/h13-16,22,25-26,31,33H,3-12,17-18H2,1-2H3,(H,29,32,34)/t22-,25+,26-,28+/m1/s1. The average Bonchev–Trinajstić information content (AvgIpc) is 3.38. The van der Waals surface area contributed by atoms with Crippen LogP contribution in [0.1, 0.15) is 93.7 Å². The lowest BCUT2D eigenvalue weighted by molar-refractivity contribution is -0.135. The molecular formula is C28H40N2O6. The number of aryl methyl sites for hydroxylation is 2. The minimum absolute atomic E-state index is 0.310. The number of ether oxygens (including phenoxy) is 2. The summed E-state index contributed by atoms with van der Waals surface area (Å²) in [5.41, 5.74) is 1.82. The van der Waals surface area contributed by atoms with E-state index in [0.29, 0.717) is 6.61 Å². The summed E-state index contributed by atoms with van der Waals surface area (Å²) >= 11 is 0. The molecule has 1 aromatic heterocycles. The van der Waals surface area contributed by atoms with Crippen molar-refractivity contribution < 1.29 is 19.7 Å². The molecule has 1 spiro atoms. The second-order valence-electron chi connectivity index (χ2n) is 10.2. The van der Waals surface area contributed by atoms with E-state index in [-0.39, 0.29) is 6.61 Å². The van der Waals surface area contributed by atoms with Crippen molar-refractivity contribution in [1.82, 2.24) is 9.55 Å². The highest BCUT2D eigenvalue weighted by atomic mass is 16.6. The van der Waals surface area contributed by atoms with Crippen LogP contribution in [0.15, 0.2) is 34.0 Å². The molecule has 4 atom stereocenters. The summed E-state index contributed by atoms with van der Waals surface area (Å²) in [6, 6.07) is 5.63. The number of unbranched alkanes of at least 4 members (excludes halogenated alkanes) is 6. The number of aliphatic hydroxyl groups excluding tert-OH is 2. The summed E-state index contributed by atoms with van der Waals surface area (Å²) in [7, 11) is 0. The van der Waals surface area contributed by atoms with Crippen molar-refractivity contribution in [3.05, 3.63) is 67.5 Å². The van der Waals surface area contributed by atoms with Crippen LogP contribution in [0, 0.1) is 0 Å². The van der Waals surface area contributed by atoms with Crippen molar-refractivity contribution in [1.29, 1.82) is 0 Å². The molecule has 2 aliphatic heterocycles. The molecule has 198 valence electrons. The van der Waals surface area contributed by atoms with Crippen LogP contribution in [0.4, 0.5) is 0 Å². The van der Waals surface area contributed by atoms with Gasteiger partial charge in [0.15, 0.2) is 11.8 Å². The highest BCUT2D eigenvalue weighted by Gasteiger charge is 2.62. The second kappa shape index (κ2) is 11.9. The summed E-state index contributed by atoms with van der Waals surface area (Å²) in [6.45, 7) is 4.33. The van der Waals surface area contributed by atoms with Crippen LogP contribution >= 0.6 is 0 Å². The van der Waals surface area contributed by atoms with E-state index >= 15 is 0 Å². The van der Waals surface area contributed by atoms with Crippen LogP contribution < -0.4 is 11.2 Å². The Balaban J connectivity index is 1.72. The molecule has 1 fully saturated rings. The maximum atomic E-state index is 12.5. The highest BCUT2D eigenvalue weighted by molar-refractivity contribution is 5.48. The van der Waals surface area contributed by atoms with Gasteiger partial charge in [-0.25, -0.2) is 4.79 Å². The fraction of sp³-hybridized carbons (Fsp3) is 0.643. The van der Waals surface area contributed by atoms with Gasteiger partial charge in [-0.05, 0) is 47.9 Å². The molecule has 8 nitrogen and oxygen atoms in total. The molecule has 3 heterocycles.